The second kappa shape index (κ2) is 6.01. The van der Waals surface area contributed by atoms with Gasteiger partial charge in [0.1, 0.15) is 5.72 Å². The summed E-state index contributed by atoms with van der Waals surface area (Å²) in [6, 6.07) is 10.6. The summed E-state index contributed by atoms with van der Waals surface area (Å²) in [6.07, 6.45) is 0.897. The zero-order valence-corrected chi connectivity index (χ0v) is 11.3. The number of hydrogen-bond donors (Lipinski definition) is 1. The molecule has 1 N–H and O–H groups in total. The third kappa shape index (κ3) is 2.98. The van der Waals surface area contributed by atoms with Crippen LogP contribution in [0.25, 0.3) is 0 Å². The molecule has 2 aliphatic heterocycles. The molecule has 19 heavy (non-hydrogen) atoms. The molecule has 1 atom stereocenters. The number of nitrogens with one attached hydrogen (secondary N) is 1. The molecule has 0 spiro atoms. The van der Waals surface area contributed by atoms with Gasteiger partial charge in [-0.15, -0.1) is 0 Å². The maximum atomic E-state index is 6.18. The van der Waals surface area contributed by atoms with Crippen LogP contribution in [0.5, 0.6) is 0 Å². The maximum Gasteiger partial charge on any atom is 0.149 e. The van der Waals surface area contributed by atoms with Crippen LogP contribution >= 0.6 is 0 Å². The number of nitrogens with zero attached hydrogens (tertiary/aromatic N) is 1. The second-order valence-corrected chi connectivity index (χ2v) is 5.25. The van der Waals surface area contributed by atoms with E-state index in [0.717, 1.165) is 32.6 Å². The van der Waals surface area contributed by atoms with Crippen LogP contribution in [0.15, 0.2) is 30.3 Å². The van der Waals surface area contributed by atoms with E-state index >= 15 is 0 Å². The molecule has 2 saturated heterocycles. The van der Waals surface area contributed by atoms with Crippen LogP contribution in [-0.4, -0.2) is 56.6 Å². The van der Waals surface area contributed by atoms with Gasteiger partial charge in [-0.1, -0.05) is 30.3 Å². The Balaban J connectivity index is 1.79. The highest BCUT2D eigenvalue weighted by Gasteiger charge is 2.40. The van der Waals surface area contributed by atoms with Crippen LogP contribution in [0.3, 0.4) is 0 Å². The summed E-state index contributed by atoms with van der Waals surface area (Å²) in [7, 11) is 0. The molecule has 1 unspecified atom stereocenters. The Kier molecular flexibility index (Phi) is 4.13. The Hall–Kier alpha value is -0.940. The van der Waals surface area contributed by atoms with Crippen molar-refractivity contribution in [1.82, 2.24) is 10.2 Å². The summed E-state index contributed by atoms with van der Waals surface area (Å²) in [5, 5.41) is 3.40. The fourth-order valence-corrected chi connectivity index (χ4v) is 2.95. The lowest BCUT2D eigenvalue weighted by Gasteiger charge is -2.47. The first-order valence-corrected chi connectivity index (χ1v) is 7.10. The van der Waals surface area contributed by atoms with Crippen LogP contribution in [0, 0.1) is 0 Å². The summed E-state index contributed by atoms with van der Waals surface area (Å²) in [5.41, 5.74) is 1.04. The number of benzene rings is 1. The molecular weight excluding hydrogens is 240 g/mol. The number of hydrogen-bond acceptors (Lipinski definition) is 4. The summed E-state index contributed by atoms with van der Waals surface area (Å²) in [5.74, 6) is 0. The Labute approximate surface area is 114 Å². The molecule has 2 fully saturated rings. The molecule has 0 radical (unpaired) electrons. The van der Waals surface area contributed by atoms with E-state index in [4.69, 9.17) is 9.47 Å². The van der Waals surface area contributed by atoms with Crippen LogP contribution in [0.1, 0.15) is 5.56 Å². The first kappa shape index (κ1) is 13.1. The van der Waals surface area contributed by atoms with Crippen LogP contribution in [-0.2, 0) is 15.9 Å². The molecule has 0 aromatic heterocycles. The number of rotatable bonds is 3. The van der Waals surface area contributed by atoms with E-state index in [2.05, 4.69) is 40.5 Å². The molecular formula is C15H22N2O2. The summed E-state index contributed by atoms with van der Waals surface area (Å²) < 4.78 is 11.9. The first-order valence-electron chi connectivity index (χ1n) is 7.10. The maximum absolute atomic E-state index is 6.18. The number of piperazine rings is 1. The predicted octanol–water partition coefficient (Wildman–Crippen LogP) is 0.877. The predicted molar refractivity (Wildman–Crippen MR) is 74.1 cm³/mol. The van der Waals surface area contributed by atoms with Gasteiger partial charge in [0.05, 0.1) is 19.8 Å². The Bertz CT molecular complexity index is 384. The zero-order chi connectivity index (χ0) is 13.0. The van der Waals surface area contributed by atoms with E-state index in [0.29, 0.717) is 19.8 Å². The minimum Gasteiger partial charge on any atom is -0.375 e. The highest BCUT2D eigenvalue weighted by Crippen LogP contribution is 2.26. The minimum atomic E-state index is -0.276. The minimum absolute atomic E-state index is 0.276. The standard InChI is InChI=1S/C15H22N2O2/c1-2-4-14(5-3-1)12-15(13-18-10-11-19-15)17-8-6-16-7-9-17/h1-5,16H,6-13H2. The third-order valence-electron chi connectivity index (χ3n) is 3.94. The van der Waals surface area contributed by atoms with Gasteiger partial charge in [-0.05, 0) is 5.56 Å². The van der Waals surface area contributed by atoms with Crippen molar-refractivity contribution in [2.75, 3.05) is 46.0 Å². The van der Waals surface area contributed by atoms with Gasteiger partial charge in [0.2, 0.25) is 0 Å². The number of ether oxygens (including phenoxy) is 2. The topological polar surface area (TPSA) is 33.7 Å². The van der Waals surface area contributed by atoms with E-state index in [1.54, 1.807) is 0 Å². The molecule has 2 heterocycles. The van der Waals surface area contributed by atoms with Crippen molar-refractivity contribution in [1.29, 1.82) is 0 Å². The average molecular weight is 262 g/mol. The molecule has 4 heteroatoms. The van der Waals surface area contributed by atoms with Crippen LogP contribution < -0.4 is 5.32 Å². The van der Waals surface area contributed by atoms with Gasteiger partial charge < -0.3 is 14.8 Å². The van der Waals surface area contributed by atoms with Crippen molar-refractivity contribution >= 4 is 0 Å². The van der Waals surface area contributed by atoms with Gasteiger partial charge in [0.15, 0.2) is 0 Å². The zero-order valence-electron chi connectivity index (χ0n) is 11.3. The van der Waals surface area contributed by atoms with E-state index in [1.165, 1.54) is 5.56 Å². The second-order valence-electron chi connectivity index (χ2n) is 5.25. The Morgan fingerprint density at radius 2 is 1.89 bits per heavy atom. The largest absolute Gasteiger partial charge is 0.375 e. The molecule has 0 aliphatic carbocycles. The summed E-state index contributed by atoms with van der Waals surface area (Å²) >= 11 is 0. The molecule has 3 rings (SSSR count). The summed E-state index contributed by atoms with van der Waals surface area (Å²) in [4.78, 5) is 2.44. The molecule has 104 valence electrons. The first-order chi connectivity index (χ1) is 9.39. The summed E-state index contributed by atoms with van der Waals surface area (Å²) in [6.45, 7) is 6.17. The fourth-order valence-electron chi connectivity index (χ4n) is 2.95. The SMILES string of the molecule is c1ccc(CC2(N3CCNCC3)COCCO2)cc1. The molecule has 2 aliphatic rings. The highest BCUT2D eigenvalue weighted by molar-refractivity contribution is 5.17. The van der Waals surface area contributed by atoms with Crippen molar-refractivity contribution in [3.05, 3.63) is 35.9 Å². The van der Waals surface area contributed by atoms with Gasteiger partial charge in [-0.2, -0.15) is 0 Å². The van der Waals surface area contributed by atoms with Crippen molar-refractivity contribution in [2.45, 2.75) is 12.1 Å². The lowest BCUT2D eigenvalue weighted by atomic mass is 10.00. The van der Waals surface area contributed by atoms with Gasteiger partial charge in [-0.25, -0.2) is 0 Å². The molecule has 4 nitrogen and oxygen atoms in total. The molecule has 1 aromatic carbocycles. The van der Waals surface area contributed by atoms with Crippen molar-refractivity contribution in [3.8, 4) is 0 Å². The van der Waals surface area contributed by atoms with E-state index in [1.807, 2.05) is 0 Å². The van der Waals surface area contributed by atoms with Crippen LogP contribution in [0.2, 0.25) is 0 Å². The normalized spacial score (nSPS) is 29.3. The molecule has 0 bridgehead atoms. The monoisotopic (exact) mass is 262 g/mol. The van der Waals surface area contributed by atoms with Gasteiger partial charge >= 0.3 is 0 Å². The van der Waals surface area contributed by atoms with Gasteiger partial charge in [0.25, 0.3) is 0 Å². The average Bonchev–Trinajstić information content (AvgIpc) is 2.50. The Morgan fingerprint density at radius 3 is 2.58 bits per heavy atom. The molecule has 1 aromatic rings. The van der Waals surface area contributed by atoms with E-state index < -0.39 is 0 Å². The van der Waals surface area contributed by atoms with Crippen LogP contribution in [0.4, 0.5) is 0 Å². The quantitative estimate of drug-likeness (QED) is 0.877. The highest BCUT2D eigenvalue weighted by atomic mass is 16.6. The third-order valence-corrected chi connectivity index (χ3v) is 3.94. The van der Waals surface area contributed by atoms with Crippen molar-refractivity contribution in [3.63, 3.8) is 0 Å². The Morgan fingerprint density at radius 1 is 1.11 bits per heavy atom. The van der Waals surface area contributed by atoms with Gasteiger partial charge in [-0.3, -0.25) is 4.90 Å². The van der Waals surface area contributed by atoms with Crippen molar-refractivity contribution in [2.24, 2.45) is 0 Å². The van der Waals surface area contributed by atoms with E-state index in [9.17, 15) is 0 Å². The lowest BCUT2D eigenvalue weighted by Crippen LogP contribution is -2.62. The van der Waals surface area contributed by atoms with Crippen molar-refractivity contribution < 1.29 is 9.47 Å². The smallest absolute Gasteiger partial charge is 0.149 e. The fraction of sp³-hybridized carbons (Fsp3) is 0.600. The lowest BCUT2D eigenvalue weighted by molar-refractivity contribution is -0.232. The molecule has 0 saturated carbocycles. The molecule has 0 amide bonds. The van der Waals surface area contributed by atoms with Gasteiger partial charge in [0, 0.05) is 32.6 Å². The van der Waals surface area contributed by atoms with E-state index in [-0.39, 0.29) is 5.72 Å².